The second-order valence-corrected chi connectivity index (χ2v) is 5.37. The number of hydrogen-bond donors (Lipinski definition) is 2. The van der Waals surface area contributed by atoms with Crippen LogP contribution in [0.25, 0.3) is 0 Å². The molecule has 2 bridgehead atoms. The van der Waals surface area contributed by atoms with Crippen molar-refractivity contribution in [3.8, 4) is 0 Å². The minimum absolute atomic E-state index is 0.272. The lowest BCUT2D eigenvalue weighted by Gasteiger charge is -2.70. The van der Waals surface area contributed by atoms with Gasteiger partial charge in [0.15, 0.2) is 0 Å². The van der Waals surface area contributed by atoms with E-state index in [9.17, 15) is 4.79 Å². The van der Waals surface area contributed by atoms with Crippen LogP contribution >= 0.6 is 0 Å². The average Bonchev–Trinajstić information content (AvgIpc) is 2.60. The van der Waals surface area contributed by atoms with E-state index in [0.717, 1.165) is 19.3 Å². The molecule has 0 saturated heterocycles. The van der Waals surface area contributed by atoms with Crippen molar-refractivity contribution < 1.29 is 9.90 Å². The highest BCUT2D eigenvalue weighted by molar-refractivity contribution is 5.86. The smallest absolute Gasteiger partial charge is 0.352 e. The molecule has 0 aromatic carbocycles. The molecule has 3 saturated carbocycles. The Morgan fingerprint density at radius 1 is 1.39 bits per heavy atom. The molecule has 4 nitrogen and oxygen atoms in total. The first-order valence-electron chi connectivity index (χ1n) is 6.59. The van der Waals surface area contributed by atoms with Crippen LogP contribution in [0.3, 0.4) is 0 Å². The van der Waals surface area contributed by atoms with Crippen LogP contribution in [-0.4, -0.2) is 28.2 Å². The maximum atomic E-state index is 11.0. The number of aromatic carboxylic acids is 1. The Bertz CT molecular complexity index is 456. The summed E-state index contributed by atoms with van der Waals surface area (Å²) in [5.74, 6) is -0.844. The summed E-state index contributed by atoms with van der Waals surface area (Å²) in [5, 5.41) is 12.4. The lowest BCUT2D eigenvalue weighted by atomic mass is 9.38. The van der Waals surface area contributed by atoms with Crippen molar-refractivity contribution in [3.05, 3.63) is 23.5 Å². The normalized spacial score (nSPS) is 31.8. The number of nitrogens with zero attached hydrogens (tertiary/aromatic N) is 1. The number of nitrogens with one attached hydrogen (secondary N) is 1. The monoisotopic (exact) mass is 250 g/mol. The van der Waals surface area contributed by atoms with Crippen LogP contribution < -0.4 is 5.32 Å². The highest BCUT2D eigenvalue weighted by Crippen LogP contribution is 2.67. The molecule has 1 aromatic rings. The minimum atomic E-state index is -0.844. The largest absolute Gasteiger partial charge is 0.477 e. The molecule has 1 heterocycles. The Morgan fingerprint density at radius 2 is 1.94 bits per heavy atom. The lowest BCUT2D eigenvalue weighted by Crippen LogP contribution is -2.75. The molecule has 4 heteroatoms. The maximum absolute atomic E-state index is 11.0. The molecule has 0 amide bonds. The zero-order valence-electron chi connectivity index (χ0n) is 11.6. The minimum Gasteiger partial charge on any atom is -0.477 e. The van der Waals surface area contributed by atoms with Crippen molar-refractivity contribution in [2.75, 3.05) is 7.05 Å². The molecule has 0 atom stereocenters. The Balaban J connectivity index is 0.000000574. The molecule has 0 spiro atoms. The fourth-order valence-electron chi connectivity index (χ4n) is 3.43. The first-order chi connectivity index (χ1) is 8.50. The van der Waals surface area contributed by atoms with E-state index in [2.05, 4.69) is 5.32 Å². The van der Waals surface area contributed by atoms with Crippen LogP contribution in [0.5, 0.6) is 0 Å². The predicted molar refractivity (Wildman–Crippen MR) is 71.0 cm³/mol. The van der Waals surface area contributed by atoms with Gasteiger partial charge in [0.05, 0.1) is 0 Å². The van der Waals surface area contributed by atoms with Crippen molar-refractivity contribution in [1.29, 1.82) is 0 Å². The average molecular weight is 250 g/mol. The first-order valence-corrected chi connectivity index (χ1v) is 6.59. The van der Waals surface area contributed by atoms with E-state index in [1.807, 2.05) is 33.2 Å². The van der Waals surface area contributed by atoms with Gasteiger partial charge in [0.2, 0.25) is 0 Å². The molecule has 18 heavy (non-hydrogen) atoms. The zero-order chi connectivity index (χ0) is 13.6. The van der Waals surface area contributed by atoms with Gasteiger partial charge in [0.1, 0.15) is 5.69 Å². The van der Waals surface area contributed by atoms with Gasteiger partial charge < -0.3 is 15.0 Å². The van der Waals surface area contributed by atoms with E-state index in [1.54, 1.807) is 11.6 Å². The molecule has 0 aliphatic heterocycles. The molecule has 0 unspecified atom stereocenters. The van der Waals surface area contributed by atoms with Gasteiger partial charge in [-0.3, -0.25) is 0 Å². The van der Waals surface area contributed by atoms with Gasteiger partial charge in [-0.2, -0.15) is 0 Å². The van der Waals surface area contributed by atoms with E-state index in [0.29, 0.717) is 11.2 Å². The molecular formula is C14H22N2O2. The fourth-order valence-corrected chi connectivity index (χ4v) is 3.43. The number of carbonyl (C=O) groups is 1. The van der Waals surface area contributed by atoms with Crippen LogP contribution in [0.15, 0.2) is 12.3 Å². The molecule has 4 rings (SSSR count). The molecular weight excluding hydrogens is 228 g/mol. The number of hydrogen-bond acceptors (Lipinski definition) is 2. The van der Waals surface area contributed by atoms with Crippen LogP contribution in [0, 0.1) is 0 Å². The predicted octanol–water partition coefficient (Wildman–Crippen LogP) is 2.14. The molecule has 3 aliphatic rings. The van der Waals surface area contributed by atoms with Crippen molar-refractivity contribution in [3.63, 3.8) is 0 Å². The number of carboxylic acid groups (broad SMARTS) is 1. The number of aromatic nitrogens is 1. The standard InChI is InChI=1S/C12H16N2O2.C2H6/c1-13-12-5-11(6-12,7-12)8-3-9(10(15)16)14(2)4-8;1-2/h3-4,13H,5-7H2,1-2H3,(H,15,16);1-2H3. The Kier molecular flexibility index (Phi) is 3.01. The summed E-state index contributed by atoms with van der Waals surface area (Å²) in [5.41, 5.74) is 2.22. The van der Waals surface area contributed by atoms with Crippen molar-refractivity contribution in [2.45, 2.75) is 44.1 Å². The Labute approximate surface area is 108 Å². The topological polar surface area (TPSA) is 54.3 Å². The van der Waals surface area contributed by atoms with E-state index in [-0.39, 0.29) is 5.41 Å². The fraction of sp³-hybridized carbons (Fsp3) is 0.643. The van der Waals surface area contributed by atoms with E-state index < -0.39 is 5.97 Å². The van der Waals surface area contributed by atoms with Crippen molar-refractivity contribution >= 4 is 5.97 Å². The summed E-state index contributed by atoms with van der Waals surface area (Å²) in [4.78, 5) is 11.0. The van der Waals surface area contributed by atoms with Gasteiger partial charge in [0, 0.05) is 24.2 Å². The first kappa shape index (κ1) is 13.1. The van der Waals surface area contributed by atoms with Gasteiger partial charge in [-0.1, -0.05) is 13.8 Å². The third kappa shape index (κ3) is 1.59. The molecule has 3 fully saturated rings. The number of rotatable bonds is 3. The third-order valence-electron chi connectivity index (χ3n) is 4.40. The molecule has 1 aromatic heterocycles. The summed E-state index contributed by atoms with van der Waals surface area (Å²) in [6.45, 7) is 4.00. The number of carboxylic acids is 1. The quantitative estimate of drug-likeness (QED) is 0.864. The second-order valence-electron chi connectivity index (χ2n) is 5.37. The maximum Gasteiger partial charge on any atom is 0.352 e. The summed E-state index contributed by atoms with van der Waals surface area (Å²) < 4.78 is 1.71. The van der Waals surface area contributed by atoms with Gasteiger partial charge in [0.25, 0.3) is 0 Å². The van der Waals surface area contributed by atoms with Crippen LogP contribution in [-0.2, 0) is 12.5 Å². The molecule has 2 N–H and O–H groups in total. The molecule has 100 valence electrons. The second kappa shape index (κ2) is 4.12. The lowest BCUT2D eigenvalue weighted by molar-refractivity contribution is -0.0831. The van der Waals surface area contributed by atoms with Crippen LogP contribution in [0.2, 0.25) is 0 Å². The van der Waals surface area contributed by atoms with Crippen molar-refractivity contribution in [2.24, 2.45) is 7.05 Å². The molecule has 3 aliphatic carbocycles. The molecule has 0 radical (unpaired) electrons. The highest BCUT2D eigenvalue weighted by atomic mass is 16.4. The van der Waals surface area contributed by atoms with Crippen LogP contribution in [0.4, 0.5) is 0 Å². The Hall–Kier alpha value is -1.29. The van der Waals surface area contributed by atoms with Crippen LogP contribution in [0.1, 0.15) is 49.2 Å². The SMILES string of the molecule is CC.CNC12CC(c3cc(C(=O)O)n(C)c3)(C1)C2. The number of aryl methyl sites for hydroxylation is 1. The van der Waals surface area contributed by atoms with Gasteiger partial charge >= 0.3 is 5.97 Å². The highest BCUT2D eigenvalue weighted by Gasteiger charge is 2.67. The third-order valence-corrected chi connectivity index (χ3v) is 4.40. The Morgan fingerprint density at radius 3 is 2.33 bits per heavy atom. The van der Waals surface area contributed by atoms with Crippen molar-refractivity contribution in [1.82, 2.24) is 9.88 Å². The summed E-state index contributed by atoms with van der Waals surface area (Å²) in [6, 6.07) is 1.83. The summed E-state index contributed by atoms with van der Waals surface area (Å²) in [6.07, 6.45) is 5.43. The van der Waals surface area contributed by atoms with Gasteiger partial charge in [-0.25, -0.2) is 4.79 Å². The zero-order valence-corrected chi connectivity index (χ0v) is 11.6. The van der Waals surface area contributed by atoms with Gasteiger partial charge in [-0.05, 0) is 37.9 Å². The summed E-state index contributed by atoms with van der Waals surface area (Å²) in [7, 11) is 3.81. The summed E-state index contributed by atoms with van der Waals surface area (Å²) >= 11 is 0. The van der Waals surface area contributed by atoms with Gasteiger partial charge in [-0.15, -0.1) is 0 Å². The van der Waals surface area contributed by atoms with E-state index >= 15 is 0 Å². The van der Waals surface area contributed by atoms with E-state index in [4.69, 9.17) is 5.11 Å². The van der Waals surface area contributed by atoms with E-state index in [1.165, 1.54) is 5.56 Å².